The summed E-state index contributed by atoms with van der Waals surface area (Å²) in [5.74, 6) is 0.560. The van der Waals surface area contributed by atoms with Gasteiger partial charge in [0.05, 0.1) is 6.10 Å². The van der Waals surface area contributed by atoms with Gasteiger partial charge in [0.1, 0.15) is 11.2 Å². The highest BCUT2D eigenvalue weighted by atomic mass is 16.3. The van der Waals surface area contributed by atoms with Gasteiger partial charge in [0, 0.05) is 12.0 Å². The molecule has 0 aromatic heterocycles. The fraction of sp³-hybridized carbons (Fsp3) is 0.422. The van der Waals surface area contributed by atoms with E-state index in [1.807, 2.05) is 109 Å². The average molecular weight is 941 g/mol. The van der Waals surface area contributed by atoms with Crippen LogP contribution in [0.5, 0.6) is 0 Å². The zero-order valence-corrected chi connectivity index (χ0v) is 42.9. The summed E-state index contributed by atoms with van der Waals surface area (Å²) in [6.45, 7) is 18.9. The Bertz CT molecular complexity index is 2380. The van der Waals surface area contributed by atoms with Gasteiger partial charge in [-0.05, 0) is 146 Å². The molecule has 370 valence electrons. The number of ketones is 1. The monoisotopic (exact) mass is 941 g/mol. The third-order valence-electron chi connectivity index (χ3n) is 15.3. The molecule has 0 radical (unpaired) electrons. The van der Waals surface area contributed by atoms with Crippen LogP contribution in [0, 0.1) is 11.8 Å². The molecule has 0 saturated carbocycles. The second kappa shape index (κ2) is 23.8. The predicted octanol–water partition coefficient (Wildman–Crippen LogP) is 13.0. The van der Waals surface area contributed by atoms with Crippen molar-refractivity contribution in [2.24, 2.45) is 11.8 Å². The standard InChI is InChI=1S/C32H41NO2.C32H39NO2/c2*1-31(2,3)26-18-16-25(17-19-26)30(34)15-10-22-33-23-20-29(21-24-33)32(35,27-11-6-4-7-12-27)28-13-8-5-9-14-28/h4-9,11-14,16-19,29-30,34-35H,10,15,20-24H2,1-3H3;4-9,11-14,16-19,29,35H,10,15,20-24H2,1-3H3. The van der Waals surface area contributed by atoms with Gasteiger partial charge in [-0.2, -0.15) is 0 Å². The number of carbonyl (C=O) groups excluding carboxylic acids is 1. The summed E-state index contributed by atoms with van der Waals surface area (Å²) in [5, 5.41) is 34.8. The first kappa shape index (κ1) is 52.6. The first-order valence-electron chi connectivity index (χ1n) is 26.1. The Morgan fingerprint density at radius 1 is 0.471 bits per heavy atom. The van der Waals surface area contributed by atoms with Crippen LogP contribution in [0.1, 0.15) is 148 Å². The number of Topliss-reactive ketones (excluding diaryl/α,β-unsaturated/α-hetero) is 1. The lowest BCUT2D eigenvalue weighted by Gasteiger charge is -2.42. The van der Waals surface area contributed by atoms with Crippen molar-refractivity contribution in [1.82, 2.24) is 9.80 Å². The Kier molecular flexibility index (Phi) is 17.9. The van der Waals surface area contributed by atoms with Crippen molar-refractivity contribution in [3.8, 4) is 0 Å². The molecule has 0 amide bonds. The molecule has 6 nitrogen and oxygen atoms in total. The van der Waals surface area contributed by atoms with E-state index in [9.17, 15) is 20.1 Å². The van der Waals surface area contributed by atoms with Crippen molar-refractivity contribution in [3.05, 3.63) is 214 Å². The Balaban J connectivity index is 0.000000206. The van der Waals surface area contributed by atoms with Crippen LogP contribution in [-0.4, -0.2) is 70.2 Å². The molecule has 6 heteroatoms. The van der Waals surface area contributed by atoms with Crippen LogP contribution >= 0.6 is 0 Å². The number of aliphatic hydroxyl groups is 3. The average Bonchev–Trinajstić information content (AvgIpc) is 3.39. The van der Waals surface area contributed by atoms with Crippen LogP contribution in [-0.2, 0) is 22.0 Å². The van der Waals surface area contributed by atoms with Crippen molar-refractivity contribution >= 4 is 5.78 Å². The van der Waals surface area contributed by atoms with Gasteiger partial charge < -0.3 is 25.1 Å². The summed E-state index contributed by atoms with van der Waals surface area (Å²) in [4.78, 5) is 17.6. The molecule has 70 heavy (non-hydrogen) atoms. The zero-order chi connectivity index (χ0) is 49.8. The Morgan fingerprint density at radius 3 is 1.14 bits per heavy atom. The second-order valence-electron chi connectivity index (χ2n) is 22.1. The van der Waals surface area contributed by atoms with Crippen LogP contribution in [0.3, 0.4) is 0 Å². The number of nitrogens with zero attached hydrogens (tertiary/aromatic N) is 2. The lowest BCUT2D eigenvalue weighted by Crippen LogP contribution is -2.44. The van der Waals surface area contributed by atoms with Gasteiger partial charge in [-0.25, -0.2) is 0 Å². The molecule has 0 aliphatic carbocycles. The van der Waals surface area contributed by atoms with Crippen LogP contribution in [0.25, 0.3) is 0 Å². The molecule has 8 rings (SSSR count). The number of aliphatic hydroxyl groups excluding tert-OH is 1. The Morgan fingerprint density at radius 2 is 0.800 bits per heavy atom. The summed E-state index contributed by atoms with van der Waals surface area (Å²) in [6, 6.07) is 57.0. The zero-order valence-electron chi connectivity index (χ0n) is 42.9. The molecule has 0 spiro atoms. The second-order valence-corrected chi connectivity index (χ2v) is 22.1. The fourth-order valence-electron chi connectivity index (χ4n) is 10.8. The summed E-state index contributed by atoms with van der Waals surface area (Å²) in [5.41, 5.74) is 6.53. The van der Waals surface area contributed by atoms with E-state index in [1.165, 1.54) is 11.1 Å². The van der Waals surface area contributed by atoms with E-state index in [-0.39, 0.29) is 28.4 Å². The SMILES string of the molecule is CC(C)(C)c1ccc(C(=O)CCCN2CCC(C(O)(c3ccccc3)c3ccccc3)CC2)cc1.CC(C)(C)c1ccc(C(O)CCCN2CCC(C(O)(c3ccccc3)c3ccccc3)CC2)cc1. The molecule has 2 saturated heterocycles. The number of hydrogen-bond donors (Lipinski definition) is 3. The van der Waals surface area contributed by atoms with E-state index >= 15 is 0 Å². The molecule has 2 heterocycles. The van der Waals surface area contributed by atoms with E-state index in [2.05, 4.69) is 112 Å². The number of hydrogen-bond acceptors (Lipinski definition) is 6. The van der Waals surface area contributed by atoms with E-state index < -0.39 is 17.3 Å². The molecular weight excluding hydrogens is 861 g/mol. The highest BCUT2D eigenvalue weighted by Crippen LogP contribution is 2.43. The van der Waals surface area contributed by atoms with Crippen molar-refractivity contribution in [1.29, 1.82) is 0 Å². The number of piperidine rings is 2. The minimum Gasteiger partial charge on any atom is -0.388 e. The van der Waals surface area contributed by atoms with E-state index in [4.69, 9.17) is 0 Å². The molecule has 2 fully saturated rings. The molecule has 0 bridgehead atoms. The quantitative estimate of drug-likeness (QED) is 0.0839. The maximum Gasteiger partial charge on any atom is 0.162 e. The van der Waals surface area contributed by atoms with Gasteiger partial charge in [-0.3, -0.25) is 4.79 Å². The fourth-order valence-corrected chi connectivity index (χ4v) is 10.8. The van der Waals surface area contributed by atoms with Gasteiger partial charge in [0.2, 0.25) is 0 Å². The molecular formula is C64H80N2O4. The first-order valence-corrected chi connectivity index (χ1v) is 26.1. The number of rotatable bonds is 16. The van der Waals surface area contributed by atoms with Crippen LogP contribution in [0.15, 0.2) is 170 Å². The third kappa shape index (κ3) is 13.2. The molecule has 6 aromatic rings. The lowest BCUT2D eigenvalue weighted by molar-refractivity contribution is -0.0147. The number of carbonyl (C=O) groups is 1. The van der Waals surface area contributed by atoms with Crippen LogP contribution in [0.2, 0.25) is 0 Å². The summed E-state index contributed by atoms with van der Waals surface area (Å²) in [6.07, 6.45) is 6.54. The Labute approximate surface area is 420 Å². The van der Waals surface area contributed by atoms with E-state index in [1.54, 1.807) is 0 Å². The van der Waals surface area contributed by atoms with Gasteiger partial charge in [0.15, 0.2) is 5.78 Å². The minimum atomic E-state index is -0.982. The summed E-state index contributed by atoms with van der Waals surface area (Å²) in [7, 11) is 0. The van der Waals surface area contributed by atoms with Gasteiger partial charge in [-0.1, -0.05) is 211 Å². The molecule has 1 atom stereocenters. The number of likely N-dealkylation sites (tertiary alicyclic amines) is 2. The summed E-state index contributed by atoms with van der Waals surface area (Å²) < 4.78 is 0. The van der Waals surface area contributed by atoms with Crippen molar-refractivity contribution in [2.45, 2.75) is 121 Å². The maximum atomic E-state index is 12.7. The van der Waals surface area contributed by atoms with Crippen molar-refractivity contribution in [3.63, 3.8) is 0 Å². The molecule has 2 aliphatic rings. The number of benzene rings is 6. The minimum absolute atomic E-state index is 0.0981. The highest BCUT2D eigenvalue weighted by Gasteiger charge is 2.43. The van der Waals surface area contributed by atoms with Crippen LogP contribution in [0.4, 0.5) is 0 Å². The third-order valence-corrected chi connectivity index (χ3v) is 15.3. The summed E-state index contributed by atoms with van der Waals surface area (Å²) >= 11 is 0. The van der Waals surface area contributed by atoms with E-state index in [0.717, 1.165) is 118 Å². The van der Waals surface area contributed by atoms with E-state index in [0.29, 0.717) is 6.42 Å². The van der Waals surface area contributed by atoms with Crippen LogP contribution < -0.4 is 0 Å². The van der Waals surface area contributed by atoms with Crippen molar-refractivity contribution < 1.29 is 20.1 Å². The highest BCUT2D eigenvalue weighted by molar-refractivity contribution is 5.96. The van der Waals surface area contributed by atoms with Gasteiger partial charge >= 0.3 is 0 Å². The molecule has 6 aromatic carbocycles. The maximum absolute atomic E-state index is 12.7. The van der Waals surface area contributed by atoms with Gasteiger partial charge in [0.25, 0.3) is 0 Å². The topological polar surface area (TPSA) is 84.2 Å². The lowest BCUT2D eigenvalue weighted by atomic mass is 9.72. The molecule has 2 aliphatic heterocycles. The normalized spacial score (nSPS) is 16.3. The smallest absolute Gasteiger partial charge is 0.162 e. The molecule has 1 unspecified atom stereocenters. The van der Waals surface area contributed by atoms with Crippen molar-refractivity contribution in [2.75, 3.05) is 39.3 Å². The largest absolute Gasteiger partial charge is 0.388 e. The first-order chi connectivity index (χ1) is 33.6. The van der Waals surface area contributed by atoms with Gasteiger partial charge in [-0.15, -0.1) is 0 Å². The predicted molar refractivity (Wildman–Crippen MR) is 288 cm³/mol. The molecule has 3 N–H and O–H groups in total. The Hall–Kier alpha value is -5.21.